The Kier molecular flexibility index (Phi) is 6.58. The topological polar surface area (TPSA) is 94.8 Å². The van der Waals surface area contributed by atoms with Crippen LogP contribution in [0, 0.1) is 13.8 Å². The summed E-state index contributed by atoms with van der Waals surface area (Å²) >= 11 is 0. The standard InChI is InChI=1S/C19H21N3O.CH4O3S/c1-13-5-8-15(9-6-13)19-16(11-18(23)21(3)4)22-12-14(2)7-10-17(22)20-19;1-5(2,3)4/h5-10,12H,11H2,1-4H3;1H3,(H,2,3,4)/p-1. The number of carbonyl (C=O) groups excluding carboxylic acids is 1. The minimum Gasteiger partial charge on any atom is -0.748 e. The lowest BCUT2D eigenvalue weighted by Crippen LogP contribution is -2.24. The SMILES string of the molecule is CS(=O)(=O)[O-].Cc1ccc(-c2nc3ccc(C)cn3c2CC(=O)N(C)C)cc1. The van der Waals surface area contributed by atoms with E-state index in [0.29, 0.717) is 12.7 Å². The van der Waals surface area contributed by atoms with Crippen LogP contribution in [0.5, 0.6) is 0 Å². The number of aromatic nitrogens is 2. The number of likely N-dealkylation sites (N-methyl/N-ethyl adjacent to an activating group) is 1. The largest absolute Gasteiger partial charge is 0.748 e. The van der Waals surface area contributed by atoms with E-state index in [-0.39, 0.29) is 5.91 Å². The summed E-state index contributed by atoms with van der Waals surface area (Å²) in [7, 11) is -0.356. The Bertz CT molecular complexity index is 1080. The third kappa shape index (κ3) is 5.90. The normalized spacial score (nSPS) is 11.1. The Morgan fingerprint density at radius 2 is 1.61 bits per heavy atom. The fourth-order valence-electron chi connectivity index (χ4n) is 2.61. The number of rotatable bonds is 3. The summed E-state index contributed by atoms with van der Waals surface area (Å²) in [6.45, 7) is 4.11. The second-order valence-electron chi connectivity index (χ2n) is 6.88. The first kappa shape index (κ1) is 21.6. The second kappa shape index (κ2) is 8.53. The van der Waals surface area contributed by atoms with Crippen molar-refractivity contribution in [1.82, 2.24) is 14.3 Å². The monoisotopic (exact) mass is 402 g/mol. The van der Waals surface area contributed by atoms with E-state index in [2.05, 4.69) is 31.2 Å². The highest BCUT2D eigenvalue weighted by Gasteiger charge is 2.18. The van der Waals surface area contributed by atoms with Crippen LogP contribution in [0.3, 0.4) is 0 Å². The molecule has 2 heterocycles. The molecule has 0 aliphatic heterocycles. The van der Waals surface area contributed by atoms with Crippen LogP contribution in [-0.2, 0) is 21.3 Å². The molecule has 1 aromatic carbocycles. The number of aryl methyl sites for hydroxylation is 2. The zero-order valence-electron chi connectivity index (χ0n) is 16.6. The van der Waals surface area contributed by atoms with Gasteiger partial charge in [-0.2, -0.15) is 0 Å². The maximum absolute atomic E-state index is 12.3. The molecule has 3 rings (SSSR count). The zero-order chi connectivity index (χ0) is 21.1. The maximum atomic E-state index is 12.3. The summed E-state index contributed by atoms with van der Waals surface area (Å²) in [6.07, 6.45) is 2.98. The van der Waals surface area contributed by atoms with Crippen molar-refractivity contribution >= 4 is 21.7 Å². The number of imidazole rings is 1. The molecular weight excluding hydrogens is 378 g/mol. The number of hydrogen-bond donors (Lipinski definition) is 0. The molecule has 0 radical (unpaired) electrons. The van der Waals surface area contributed by atoms with E-state index in [1.54, 1.807) is 19.0 Å². The van der Waals surface area contributed by atoms with E-state index >= 15 is 0 Å². The van der Waals surface area contributed by atoms with Crippen molar-refractivity contribution < 1.29 is 17.8 Å². The third-order valence-electron chi connectivity index (χ3n) is 4.01. The fourth-order valence-corrected chi connectivity index (χ4v) is 2.61. The average molecular weight is 402 g/mol. The van der Waals surface area contributed by atoms with E-state index in [9.17, 15) is 4.79 Å². The smallest absolute Gasteiger partial charge is 0.228 e. The molecule has 150 valence electrons. The van der Waals surface area contributed by atoms with Gasteiger partial charge >= 0.3 is 0 Å². The minimum atomic E-state index is -3.92. The molecular formula is C20H24N3O4S-. The molecule has 0 saturated heterocycles. The van der Waals surface area contributed by atoms with Crippen LogP contribution in [0.25, 0.3) is 16.9 Å². The van der Waals surface area contributed by atoms with Crippen LogP contribution in [0.15, 0.2) is 42.6 Å². The van der Waals surface area contributed by atoms with E-state index < -0.39 is 10.1 Å². The molecule has 0 unspecified atom stereocenters. The molecule has 1 amide bonds. The van der Waals surface area contributed by atoms with Crippen LogP contribution in [0.2, 0.25) is 0 Å². The summed E-state index contributed by atoms with van der Waals surface area (Å²) in [6, 6.07) is 12.3. The number of fused-ring (bicyclic) bond motifs is 1. The molecule has 3 aromatic rings. The van der Waals surface area contributed by atoms with Gasteiger partial charge in [0, 0.05) is 32.1 Å². The van der Waals surface area contributed by atoms with Gasteiger partial charge in [-0.1, -0.05) is 35.9 Å². The van der Waals surface area contributed by atoms with Crippen molar-refractivity contribution in [3.63, 3.8) is 0 Å². The lowest BCUT2D eigenvalue weighted by atomic mass is 10.1. The Morgan fingerprint density at radius 1 is 1.07 bits per heavy atom. The average Bonchev–Trinajstić information content (AvgIpc) is 2.92. The van der Waals surface area contributed by atoms with Crippen LogP contribution in [0.4, 0.5) is 0 Å². The highest BCUT2D eigenvalue weighted by molar-refractivity contribution is 7.84. The summed E-state index contributed by atoms with van der Waals surface area (Å²) in [4.78, 5) is 18.6. The van der Waals surface area contributed by atoms with Gasteiger partial charge in [0.05, 0.1) is 27.9 Å². The van der Waals surface area contributed by atoms with Crippen LogP contribution in [0.1, 0.15) is 16.8 Å². The molecule has 0 atom stereocenters. The van der Waals surface area contributed by atoms with E-state index in [0.717, 1.165) is 28.2 Å². The van der Waals surface area contributed by atoms with Gasteiger partial charge in [0.25, 0.3) is 0 Å². The number of carbonyl (C=O) groups is 1. The maximum Gasteiger partial charge on any atom is 0.228 e. The van der Waals surface area contributed by atoms with Crippen LogP contribution >= 0.6 is 0 Å². The molecule has 0 N–H and O–H groups in total. The molecule has 0 aliphatic carbocycles. The van der Waals surface area contributed by atoms with Gasteiger partial charge in [-0.05, 0) is 25.5 Å². The van der Waals surface area contributed by atoms with Gasteiger partial charge in [0.1, 0.15) is 5.65 Å². The van der Waals surface area contributed by atoms with Crippen molar-refractivity contribution in [3.05, 3.63) is 59.4 Å². The van der Waals surface area contributed by atoms with Crippen molar-refractivity contribution in [2.24, 2.45) is 0 Å². The summed E-state index contributed by atoms with van der Waals surface area (Å²) < 4.78 is 29.3. The third-order valence-corrected chi connectivity index (χ3v) is 4.01. The van der Waals surface area contributed by atoms with Crippen LogP contribution in [-0.4, -0.2) is 53.5 Å². The lowest BCUT2D eigenvalue weighted by molar-refractivity contribution is -0.128. The van der Waals surface area contributed by atoms with Crippen LogP contribution < -0.4 is 0 Å². The predicted octanol–water partition coefficient (Wildman–Crippen LogP) is 2.41. The molecule has 0 aliphatic rings. The van der Waals surface area contributed by atoms with E-state index in [1.807, 2.05) is 29.7 Å². The first-order valence-corrected chi connectivity index (χ1v) is 10.4. The van der Waals surface area contributed by atoms with Gasteiger partial charge in [-0.15, -0.1) is 0 Å². The van der Waals surface area contributed by atoms with Gasteiger partial charge in [0.15, 0.2) is 0 Å². The first-order chi connectivity index (χ1) is 13.0. The van der Waals surface area contributed by atoms with Gasteiger partial charge in [-0.3, -0.25) is 4.79 Å². The molecule has 0 spiro atoms. The number of amides is 1. The highest BCUT2D eigenvalue weighted by atomic mass is 32.2. The van der Waals surface area contributed by atoms with Gasteiger partial charge in [0.2, 0.25) is 5.91 Å². The first-order valence-electron chi connectivity index (χ1n) is 8.61. The van der Waals surface area contributed by atoms with Crippen molar-refractivity contribution in [3.8, 4) is 11.3 Å². The Morgan fingerprint density at radius 3 is 2.14 bits per heavy atom. The highest BCUT2D eigenvalue weighted by Crippen LogP contribution is 2.26. The molecule has 0 bridgehead atoms. The van der Waals surface area contributed by atoms with Crippen molar-refractivity contribution in [2.45, 2.75) is 20.3 Å². The second-order valence-corrected chi connectivity index (χ2v) is 8.29. The fraction of sp³-hybridized carbons (Fsp3) is 0.300. The number of hydrogen-bond acceptors (Lipinski definition) is 5. The lowest BCUT2D eigenvalue weighted by Gasteiger charge is -2.11. The van der Waals surface area contributed by atoms with Crippen molar-refractivity contribution in [2.75, 3.05) is 20.4 Å². The van der Waals surface area contributed by atoms with Gasteiger partial charge in [-0.25, -0.2) is 13.4 Å². The van der Waals surface area contributed by atoms with E-state index in [1.165, 1.54) is 5.56 Å². The number of pyridine rings is 1. The molecule has 2 aromatic heterocycles. The molecule has 0 fully saturated rings. The summed E-state index contributed by atoms with van der Waals surface area (Å²) in [5, 5.41) is 0. The molecule has 7 nitrogen and oxygen atoms in total. The van der Waals surface area contributed by atoms with Gasteiger partial charge < -0.3 is 13.9 Å². The quantitative estimate of drug-likeness (QED) is 0.627. The number of benzene rings is 1. The summed E-state index contributed by atoms with van der Waals surface area (Å²) in [5.74, 6) is 0.0710. The predicted molar refractivity (Wildman–Crippen MR) is 108 cm³/mol. The molecule has 0 saturated carbocycles. The Balaban J connectivity index is 0.000000500. The molecule has 28 heavy (non-hydrogen) atoms. The summed E-state index contributed by atoms with van der Waals surface area (Å²) in [5.41, 5.74) is 6.08. The Labute approximate surface area is 165 Å². The molecule has 8 heteroatoms. The van der Waals surface area contributed by atoms with Crippen molar-refractivity contribution in [1.29, 1.82) is 0 Å². The zero-order valence-corrected chi connectivity index (χ0v) is 17.4. The number of nitrogens with zero attached hydrogens (tertiary/aromatic N) is 3. The Hall–Kier alpha value is -2.71. The van der Waals surface area contributed by atoms with E-state index in [4.69, 9.17) is 18.0 Å². The minimum absolute atomic E-state index is 0.0710.